The second-order valence-electron chi connectivity index (χ2n) is 5.45. The monoisotopic (exact) mass is 352 g/mol. The van der Waals surface area contributed by atoms with Crippen LogP contribution in [0.25, 0.3) is 0 Å². The lowest BCUT2D eigenvalue weighted by Crippen LogP contribution is -2.14. The molecule has 3 N–H and O–H groups in total. The summed E-state index contributed by atoms with van der Waals surface area (Å²) in [5.74, 6) is 0.792. The van der Waals surface area contributed by atoms with Crippen molar-refractivity contribution in [3.63, 3.8) is 0 Å². The fourth-order valence-electron chi connectivity index (χ4n) is 2.14. The SMILES string of the molecule is CC(=O)Nc1ccc(Nc2cc(C(=O)Nc3cc(C)on3)ncn2)cc1. The third-order valence-corrected chi connectivity index (χ3v) is 3.25. The molecule has 0 aliphatic carbocycles. The van der Waals surface area contributed by atoms with Gasteiger partial charge in [-0.3, -0.25) is 9.59 Å². The van der Waals surface area contributed by atoms with Crippen molar-refractivity contribution in [3.8, 4) is 0 Å². The van der Waals surface area contributed by atoms with Crippen molar-refractivity contribution >= 4 is 34.8 Å². The standard InChI is InChI=1S/C17H16N6O3/c1-10-7-16(23-26-10)22-17(25)14-8-15(19-9-18-14)21-13-5-3-12(4-6-13)20-11(2)24/h3-9H,1-2H3,(H,20,24)(H,18,19,21)(H,22,23,25). The van der Waals surface area contributed by atoms with Gasteiger partial charge in [-0.1, -0.05) is 5.16 Å². The first kappa shape index (κ1) is 17.1. The van der Waals surface area contributed by atoms with E-state index in [0.29, 0.717) is 23.1 Å². The normalized spacial score (nSPS) is 10.2. The summed E-state index contributed by atoms with van der Waals surface area (Å²) in [6.07, 6.45) is 1.29. The highest BCUT2D eigenvalue weighted by molar-refractivity contribution is 6.02. The Balaban J connectivity index is 1.68. The lowest BCUT2D eigenvalue weighted by atomic mass is 10.2. The molecule has 0 spiro atoms. The molecule has 0 saturated carbocycles. The van der Waals surface area contributed by atoms with Gasteiger partial charge in [0.2, 0.25) is 5.91 Å². The molecule has 9 nitrogen and oxygen atoms in total. The molecule has 132 valence electrons. The Labute approximate surface area is 148 Å². The van der Waals surface area contributed by atoms with E-state index in [1.807, 2.05) is 0 Å². The van der Waals surface area contributed by atoms with Crippen LogP contribution in [0, 0.1) is 6.92 Å². The molecule has 2 amide bonds. The topological polar surface area (TPSA) is 122 Å². The minimum absolute atomic E-state index is 0.139. The van der Waals surface area contributed by atoms with Crippen LogP contribution >= 0.6 is 0 Å². The highest BCUT2D eigenvalue weighted by Gasteiger charge is 2.11. The lowest BCUT2D eigenvalue weighted by Gasteiger charge is -2.08. The van der Waals surface area contributed by atoms with Crippen molar-refractivity contribution in [2.45, 2.75) is 13.8 Å². The van der Waals surface area contributed by atoms with Crippen LogP contribution in [0.15, 0.2) is 47.2 Å². The molecule has 0 aliphatic rings. The molecular weight excluding hydrogens is 336 g/mol. The van der Waals surface area contributed by atoms with E-state index in [1.54, 1.807) is 37.3 Å². The molecule has 0 fully saturated rings. The van der Waals surface area contributed by atoms with Crippen molar-refractivity contribution in [2.75, 3.05) is 16.0 Å². The smallest absolute Gasteiger partial charge is 0.275 e. The number of nitrogens with one attached hydrogen (secondary N) is 3. The van der Waals surface area contributed by atoms with E-state index >= 15 is 0 Å². The maximum absolute atomic E-state index is 12.2. The van der Waals surface area contributed by atoms with E-state index in [1.165, 1.54) is 19.3 Å². The second-order valence-corrected chi connectivity index (χ2v) is 5.45. The van der Waals surface area contributed by atoms with Crippen LogP contribution in [0.1, 0.15) is 23.2 Å². The third kappa shape index (κ3) is 4.41. The molecule has 0 unspecified atom stereocenters. The molecule has 2 aromatic heterocycles. The van der Waals surface area contributed by atoms with Gasteiger partial charge in [0.25, 0.3) is 5.91 Å². The van der Waals surface area contributed by atoms with E-state index < -0.39 is 5.91 Å². The molecule has 26 heavy (non-hydrogen) atoms. The first-order chi connectivity index (χ1) is 12.5. The Kier molecular flexibility index (Phi) is 4.88. The van der Waals surface area contributed by atoms with E-state index in [2.05, 4.69) is 31.1 Å². The molecule has 3 rings (SSSR count). The zero-order valence-electron chi connectivity index (χ0n) is 14.1. The van der Waals surface area contributed by atoms with Crippen LogP contribution in [-0.4, -0.2) is 26.9 Å². The minimum Gasteiger partial charge on any atom is -0.360 e. The van der Waals surface area contributed by atoms with Crippen molar-refractivity contribution in [1.29, 1.82) is 0 Å². The second kappa shape index (κ2) is 7.43. The number of anilines is 4. The molecular formula is C17H16N6O3. The summed E-state index contributed by atoms with van der Waals surface area (Å²) in [4.78, 5) is 31.3. The summed E-state index contributed by atoms with van der Waals surface area (Å²) in [6, 6.07) is 10.2. The van der Waals surface area contributed by atoms with E-state index in [9.17, 15) is 9.59 Å². The Morgan fingerprint density at radius 3 is 2.35 bits per heavy atom. The van der Waals surface area contributed by atoms with E-state index in [4.69, 9.17) is 4.52 Å². The summed E-state index contributed by atoms with van der Waals surface area (Å²) in [7, 11) is 0. The lowest BCUT2D eigenvalue weighted by molar-refractivity contribution is -0.114. The van der Waals surface area contributed by atoms with E-state index in [0.717, 1.165) is 5.69 Å². The third-order valence-electron chi connectivity index (χ3n) is 3.25. The maximum atomic E-state index is 12.2. The molecule has 1 aromatic carbocycles. The minimum atomic E-state index is -0.426. The van der Waals surface area contributed by atoms with Gasteiger partial charge in [0, 0.05) is 30.4 Å². The van der Waals surface area contributed by atoms with Crippen molar-refractivity contribution in [1.82, 2.24) is 15.1 Å². The fraction of sp³-hybridized carbons (Fsp3) is 0.118. The van der Waals surface area contributed by atoms with E-state index in [-0.39, 0.29) is 11.6 Å². The Hall–Kier alpha value is -3.75. The first-order valence-electron chi connectivity index (χ1n) is 7.71. The van der Waals surface area contributed by atoms with Gasteiger partial charge in [0.1, 0.15) is 23.6 Å². The Morgan fingerprint density at radius 2 is 1.69 bits per heavy atom. The summed E-state index contributed by atoms with van der Waals surface area (Å²) in [5.41, 5.74) is 1.61. The molecule has 0 bridgehead atoms. The predicted molar refractivity (Wildman–Crippen MR) is 95.3 cm³/mol. The zero-order chi connectivity index (χ0) is 18.5. The number of hydrogen-bond acceptors (Lipinski definition) is 7. The van der Waals surface area contributed by atoms with Gasteiger partial charge in [-0.25, -0.2) is 9.97 Å². The summed E-state index contributed by atoms with van der Waals surface area (Å²) in [6.45, 7) is 3.17. The molecule has 0 aliphatic heterocycles. The molecule has 0 radical (unpaired) electrons. The van der Waals surface area contributed by atoms with Gasteiger partial charge in [0.05, 0.1) is 0 Å². The van der Waals surface area contributed by atoms with Crippen molar-refractivity contribution in [3.05, 3.63) is 54.2 Å². The summed E-state index contributed by atoms with van der Waals surface area (Å²) >= 11 is 0. The fourth-order valence-corrected chi connectivity index (χ4v) is 2.14. The Morgan fingerprint density at radius 1 is 0.962 bits per heavy atom. The summed E-state index contributed by atoms with van der Waals surface area (Å²) < 4.78 is 4.90. The Bertz CT molecular complexity index is 936. The number of nitrogens with zero attached hydrogens (tertiary/aromatic N) is 3. The van der Waals surface area contributed by atoms with Gasteiger partial charge in [-0.05, 0) is 31.2 Å². The maximum Gasteiger partial charge on any atom is 0.275 e. The quantitative estimate of drug-likeness (QED) is 0.645. The molecule has 0 saturated heterocycles. The number of carbonyl (C=O) groups excluding carboxylic acids is 2. The molecule has 0 atom stereocenters. The number of hydrogen-bond donors (Lipinski definition) is 3. The number of aryl methyl sites for hydroxylation is 1. The highest BCUT2D eigenvalue weighted by atomic mass is 16.5. The van der Waals surface area contributed by atoms with Gasteiger partial charge in [-0.15, -0.1) is 0 Å². The largest absolute Gasteiger partial charge is 0.360 e. The summed E-state index contributed by atoms with van der Waals surface area (Å²) in [5, 5.41) is 12.1. The van der Waals surface area contributed by atoms with Crippen LogP contribution < -0.4 is 16.0 Å². The zero-order valence-corrected chi connectivity index (χ0v) is 14.1. The number of rotatable bonds is 5. The average molecular weight is 352 g/mol. The van der Waals surface area contributed by atoms with Crippen LogP contribution in [-0.2, 0) is 4.79 Å². The van der Waals surface area contributed by atoms with Crippen LogP contribution in [0.5, 0.6) is 0 Å². The average Bonchev–Trinajstić information content (AvgIpc) is 3.01. The van der Waals surface area contributed by atoms with Crippen LogP contribution in [0.3, 0.4) is 0 Å². The number of benzene rings is 1. The molecule has 9 heteroatoms. The van der Waals surface area contributed by atoms with Crippen molar-refractivity contribution < 1.29 is 14.1 Å². The van der Waals surface area contributed by atoms with Gasteiger partial charge >= 0.3 is 0 Å². The van der Waals surface area contributed by atoms with Crippen LogP contribution in [0.4, 0.5) is 23.0 Å². The predicted octanol–water partition coefficient (Wildman–Crippen LogP) is 2.73. The van der Waals surface area contributed by atoms with Gasteiger partial charge in [0.15, 0.2) is 5.82 Å². The number of amides is 2. The number of carbonyl (C=O) groups is 2. The molecule has 2 heterocycles. The highest BCUT2D eigenvalue weighted by Crippen LogP contribution is 2.18. The van der Waals surface area contributed by atoms with Crippen LogP contribution in [0.2, 0.25) is 0 Å². The molecule has 3 aromatic rings. The van der Waals surface area contributed by atoms with Crippen molar-refractivity contribution in [2.24, 2.45) is 0 Å². The number of aromatic nitrogens is 3. The first-order valence-corrected chi connectivity index (χ1v) is 7.71. The van der Waals surface area contributed by atoms with Gasteiger partial charge in [-0.2, -0.15) is 0 Å². The van der Waals surface area contributed by atoms with Gasteiger partial charge < -0.3 is 20.5 Å².